The maximum atomic E-state index is 12.6. The highest BCUT2D eigenvalue weighted by Gasteiger charge is 2.27. The van der Waals surface area contributed by atoms with Crippen molar-refractivity contribution in [2.45, 2.75) is 25.4 Å². The molecule has 3 aromatic rings. The van der Waals surface area contributed by atoms with E-state index in [1.54, 1.807) is 18.2 Å². The first-order valence-electron chi connectivity index (χ1n) is 9.00. The number of H-pyrrole nitrogens is 1. The molecule has 29 heavy (non-hydrogen) atoms. The van der Waals surface area contributed by atoms with E-state index in [2.05, 4.69) is 25.2 Å². The van der Waals surface area contributed by atoms with Crippen molar-refractivity contribution in [2.24, 2.45) is 0 Å². The summed E-state index contributed by atoms with van der Waals surface area (Å²) in [5, 5.41) is 9.92. The number of benzene rings is 2. The standard InChI is InChI=1S/C20H18F2N4O3/c1-28-15-8-7-13(10-16(15)29-20(21)22)19(27)23-14-4-2-3-12(9-14)18-24-17(25-26-18)11-5-6-11/h2-4,7-11,20H,5-6H2,1H3,(H,23,27)(H,24,25,26). The summed E-state index contributed by atoms with van der Waals surface area (Å²) in [5.41, 5.74) is 1.43. The molecule has 150 valence electrons. The molecule has 1 fully saturated rings. The zero-order chi connectivity index (χ0) is 20.4. The van der Waals surface area contributed by atoms with Gasteiger partial charge in [-0.1, -0.05) is 12.1 Å². The highest BCUT2D eigenvalue weighted by Crippen LogP contribution is 2.38. The lowest BCUT2D eigenvalue weighted by Gasteiger charge is -2.12. The Balaban J connectivity index is 1.52. The van der Waals surface area contributed by atoms with Crippen molar-refractivity contribution < 1.29 is 23.0 Å². The van der Waals surface area contributed by atoms with Crippen LogP contribution in [0.4, 0.5) is 14.5 Å². The predicted octanol–water partition coefficient (Wildman–Crippen LogP) is 4.21. The molecule has 2 aromatic carbocycles. The molecule has 1 aromatic heterocycles. The van der Waals surface area contributed by atoms with Crippen LogP contribution in [0.1, 0.15) is 34.9 Å². The Kier molecular flexibility index (Phi) is 5.11. The summed E-state index contributed by atoms with van der Waals surface area (Å²) in [5.74, 6) is 1.31. The van der Waals surface area contributed by atoms with Gasteiger partial charge in [-0.2, -0.15) is 13.9 Å². The molecule has 1 aliphatic carbocycles. The van der Waals surface area contributed by atoms with Gasteiger partial charge in [-0.3, -0.25) is 9.89 Å². The van der Waals surface area contributed by atoms with Crippen molar-refractivity contribution in [3.05, 3.63) is 53.9 Å². The number of aromatic nitrogens is 3. The van der Waals surface area contributed by atoms with Gasteiger partial charge >= 0.3 is 6.61 Å². The quantitative estimate of drug-likeness (QED) is 0.620. The molecule has 1 saturated carbocycles. The molecule has 0 saturated heterocycles. The largest absolute Gasteiger partial charge is 0.493 e. The minimum absolute atomic E-state index is 0.111. The van der Waals surface area contributed by atoms with Crippen molar-refractivity contribution in [1.29, 1.82) is 0 Å². The molecule has 0 atom stereocenters. The van der Waals surface area contributed by atoms with Gasteiger partial charge in [0.15, 0.2) is 17.3 Å². The predicted molar refractivity (Wildman–Crippen MR) is 101 cm³/mol. The second-order valence-electron chi connectivity index (χ2n) is 6.60. The number of nitrogens with one attached hydrogen (secondary N) is 2. The fourth-order valence-electron chi connectivity index (χ4n) is 2.89. The molecule has 0 spiro atoms. The van der Waals surface area contributed by atoms with Crippen molar-refractivity contribution in [3.63, 3.8) is 0 Å². The number of anilines is 1. The summed E-state index contributed by atoms with van der Waals surface area (Å²) in [6.45, 7) is -3.03. The zero-order valence-electron chi connectivity index (χ0n) is 15.5. The zero-order valence-corrected chi connectivity index (χ0v) is 15.5. The van der Waals surface area contributed by atoms with E-state index in [1.165, 1.54) is 25.3 Å². The van der Waals surface area contributed by atoms with Gasteiger partial charge in [0.05, 0.1) is 7.11 Å². The molecule has 1 amide bonds. The second-order valence-corrected chi connectivity index (χ2v) is 6.60. The topological polar surface area (TPSA) is 89.1 Å². The van der Waals surface area contributed by atoms with E-state index in [-0.39, 0.29) is 17.1 Å². The third-order valence-corrected chi connectivity index (χ3v) is 4.49. The van der Waals surface area contributed by atoms with Crippen LogP contribution in [0.2, 0.25) is 0 Å². The number of hydrogen-bond acceptors (Lipinski definition) is 5. The average Bonchev–Trinajstić information content (AvgIpc) is 3.44. The molecule has 1 heterocycles. The van der Waals surface area contributed by atoms with Crippen LogP contribution in [-0.2, 0) is 0 Å². The molecule has 9 heteroatoms. The number of carbonyl (C=O) groups excluding carboxylic acids is 1. The molecule has 4 rings (SSSR count). The van der Waals surface area contributed by atoms with E-state index in [1.807, 2.05) is 6.07 Å². The Hall–Kier alpha value is -3.49. The number of alkyl halides is 2. The van der Waals surface area contributed by atoms with Crippen LogP contribution < -0.4 is 14.8 Å². The van der Waals surface area contributed by atoms with E-state index < -0.39 is 12.5 Å². The molecule has 0 radical (unpaired) electrons. The maximum absolute atomic E-state index is 12.6. The van der Waals surface area contributed by atoms with Gasteiger partial charge in [-0.15, -0.1) is 0 Å². The van der Waals surface area contributed by atoms with Gasteiger partial charge in [0.25, 0.3) is 5.91 Å². The summed E-state index contributed by atoms with van der Waals surface area (Å²) in [7, 11) is 1.33. The van der Waals surface area contributed by atoms with Gasteiger partial charge in [-0.25, -0.2) is 4.98 Å². The number of hydrogen-bond donors (Lipinski definition) is 2. The monoisotopic (exact) mass is 400 g/mol. The Labute approximate surface area is 165 Å². The lowest BCUT2D eigenvalue weighted by Crippen LogP contribution is -2.13. The van der Waals surface area contributed by atoms with E-state index in [4.69, 9.17) is 4.74 Å². The van der Waals surface area contributed by atoms with Gasteiger partial charge in [0.2, 0.25) is 0 Å². The Morgan fingerprint density at radius 1 is 1.21 bits per heavy atom. The average molecular weight is 400 g/mol. The van der Waals surface area contributed by atoms with Gasteiger partial charge in [0, 0.05) is 22.7 Å². The van der Waals surface area contributed by atoms with Crippen LogP contribution in [0.3, 0.4) is 0 Å². The number of methoxy groups -OCH3 is 1. The summed E-state index contributed by atoms with van der Waals surface area (Å²) in [6.07, 6.45) is 2.23. The number of aromatic amines is 1. The summed E-state index contributed by atoms with van der Waals surface area (Å²) >= 11 is 0. The minimum Gasteiger partial charge on any atom is -0.493 e. The molecule has 2 N–H and O–H groups in total. The summed E-state index contributed by atoms with van der Waals surface area (Å²) < 4.78 is 34.6. The maximum Gasteiger partial charge on any atom is 0.387 e. The highest BCUT2D eigenvalue weighted by molar-refractivity contribution is 6.04. The summed E-state index contributed by atoms with van der Waals surface area (Å²) in [4.78, 5) is 17.1. The number of rotatable bonds is 7. The highest BCUT2D eigenvalue weighted by atomic mass is 19.3. The fourth-order valence-corrected chi connectivity index (χ4v) is 2.89. The van der Waals surface area contributed by atoms with Crippen molar-refractivity contribution in [3.8, 4) is 22.9 Å². The number of amides is 1. The molecule has 0 bridgehead atoms. The van der Waals surface area contributed by atoms with E-state index in [9.17, 15) is 13.6 Å². The Morgan fingerprint density at radius 2 is 2.03 bits per heavy atom. The van der Waals surface area contributed by atoms with E-state index >= 15 is 0 Å². The van der Waals surface area contributed by atoms with Crippen LogP contribution in [0, 0.1) is 0 Å². The third kappa shape index (κ3) is 4.34. The molecular weight excluding hydrogens is 382 g/mol. The molecule has 0 aliphatic heterocycles. The molecule has 1 aliphatic rings. The summed E-state index contributed by atoms with van der Waals surface area (Å²) in [6, 6.07) is 11.2. The van der Waals surface area contributed by atoms with Crippen LogP contribution in [0.25, 0.3) is 11.4 Å². The second kappa shape index (κ2) is 7.86. The SMILES string of the molecule is COc1ccc(C(=O)Nc2cccc(-c3n[nH]c(C4CC4)n3)c2)cc1OC(F)F. The Morgan fingerprint density at radius 3 is 2.76 bits per heavy atom. The number of halogens is 2. The van der Waals surface area contributed by atoms with Gasteiger partial charge < -0.3 is 14.8 Å². The number of ether oxygens (including phenoxy) is 2. The molecular formula is C20H18F2N4O3. The third-order valence-electron chi connectivity index (χ3n) is 4.49. The van der Waals surface area contributed by atoms with E-state index in [0.29, 0.717) is 17.4 Å². The Bertz CT molecular complexity index is 1030. The minimum atomic E-state index is -3.03. The number of carbonyl (C=O) groups is 1. The first-order valence-corrected chi connectivity index (χ1v) is 9.00. The van der Waals surface area contributed by atoms with Crippen LogP contribution in [-0.4, -0.2) is 34.8 Å². The van der Waals surface area contributed by atoms with Crippen molar-refractivity contribution in [2.75, 3.05) is 12.4 Å². The first-order chi connectivity index (χ1) is 14.0. The van der Waals surface area contributed by atoms with Gasteiger partial charge in [0.1, 0.15) is 5.82 Å². The van der Waals surface area contributed by atoms with Gasteiger partial charge in [-0.05, 0) is 43.2 Å². The lowest BCUT2D eigenvalue weighted by atomic mass is 10.1. The van der Waals surface area contributed by atoms with Crippen molar-refractivity contribution >= 4 is 11.6 Å². The first kappa shape index (κ1) is 18.9. The lowest BCUT2D eigenvalue weighted by molar-refractivity contribution is -0.0512. The van der Waals surface area contributed by atoms with E-state index in [0.717, 1.165) is 24.2 Å². The molecule has 0 unspecified atom stereocenters. The van der Waals surface area contributed by atoms with Crippen LogP contribution >= 0.6 is 0 Å². The van der Waals surface area contributed by atoms with Crippen LogP contribution in [0.15, 0.2) is 42.5 Å². The fraction of sp³-hybridized carbons (Fsp3) is 0.250. The van der Waals surface area contributed by atoms with Crippen molar-refractivity contribution in [1.82, 2.24) is 15.2 Å². The molecule has 7 nitrogen and oxygen atoms in total. The number of nitrogens with zero attached hydrogens (tertiary/aromatic N) is 2. The normalized spacial score (nSPS) is 13.4. The smallest absolute Gasteiger partial charge is 0.387 e. The van der Waals surface area contributed by atoms with Crippen LogP contribution in [0.5, 0.6) is 11.5 Å².